The van der Waals surface area contributed by atoms with Gasteiger partial charge in [0.25, 0.3) is 0 Å². The first-order chi connectivity index (χ1) is 10.6. The number of piperazine rings is 1. The highest BCUT2D eigenvalue weighted by atomic mass is 16.2. The first kappa shape index (κ1) is 17.0. The molecule has 1 unspecified atom stereocenters. The first-order valence-electron chi connectivity index (χ1n) is 8.39. The van der Waals surface area contributed by atoms with Gasteiger partial charge in [0.05, 0.1) is 12.6 Å². The number of benzene rings is 1. The topological polar surface area (TPSA) is 35.6 Å². The van der Waals surface area contributed by atoms with E-state index in [0.717, 1.165) is 32.7 Å². The van der Waals surface area contributed by atoms with Crippen LogP contribution in [0.1, 0.15) is 32.4 Å². The number of nitrogens with one attached hydrogen (secondary N) is 1. The fourth-order valence-electron chi connectivity index (χ4n) is 2.98. The maximum atomic E-state index is 12.4. The second-order valence-electron chi connectivity index (χ2n) is 6.41. The number of rotatable bonds is 6. The van der Waals surface area contributed by atoms with E-state index >= 15 is 0 Å². The smallest absolute Gasteiger partial charge is 0.234 e. The van der Waals surface area contributed by atoms with Gasteiger partial charge in [-0.15, -0.1) is 0 Å². The lowest BCUT2D eigenvalue weighted by molar-refractivity contribution is -0.123. The molecule has 0 saturated carbocycles. The van der Waals surface area contributed by atoms with Crippen LogP contribution in [-0.4, -0.2) is 55.0 Å². The molecule has 22 heavy (non-hydrogen) atoms. The lowest BCUT2D eigenvalue weighted by Crippen LogP contribution is -2.49. The minimum Gasteiger partial charge on any atom is -0.348 e. The highest BCUT2D eigenvalue weighted by molar-refractivity contribution is 5.78. The fourth-order valence-corrected chi connectivity index (χ4v) is 2.98. The number of likely N-dealkylation sites (N-methyl/N-ethyl adjacent to an activating group) is 1. The molecule has 1 aromatic carbocycles. The predicted octanol–water partition coefficient (Wildman–Crippen LogP) is 2.14. The summed E-state index contributed by atoms with van der Waals surface area (Å²) in [6.45, 7) is 12.2. The van der Waals surface area contributed by atoms with Gasteiger partial charge in [0.2, 0.25) is 5.91 Å². The Morgan fingerprint density at radius 3 is 2.23 bits per heavy atom. The third kappa shape index (κ3) is 4.82. The molecule has 2 rings (SSSR count). The van der Waals surface area contributed by atoms with E-state index in [1.54, 1.807) is 0 Å². The maximum Gasteiger partial charge on any atom is 0.234 e. The van der Waals surface area contributed by atoms with Crippen LogP contribution in [0.3, 0.4) is 0 Å². The summed E-state index contributed by atoms with van der Waals surface area (Å²) in [7, 11) is 0. The standard InChI is InChI=1S/C18H29N3O/c1-4-20-10-12-21(13-11-20)14-17(22)19-18(15(2)3)16-8-6-5-7-9-16/h5-9,15,18H,4,10-14H2,1-3H3,(H,19,22). The van der Waals surface area contributed by atoms with Gasteiger partial charge in [-0.05, 0) is 18.0 Å². The molecule has 1 amide bonds. The molecule has 1 heterocycles. The van der Waals surface area contributed by atoms with Gasteiger partial charge >= 0.3 is 0 Å². The molecule has 0 radical (unpaired) electrons. The summed E-state index contributed by atoms with van der Waals surface area (Å²) < 4.78 is 0. The Kier molecular flexibility index (Phi) is 6.40. The second-order valence-corrected chi connectivity index (χ2v) is 6.41. The minimum absolute atomic E-state index is 0.0885. The molecular formula is C18H29N3O. The lowest BCUT2D eigenvalue weighted by Gasteiger charge is -2.34. The molecular weight excluding hydrogens is 274 g/mol. The van der Waals surface area contributed by atoms with E-state index in [-0.39, 0.29) is 11.9 Å². The first-order valence-corrected chi connectivity index (χ1v) is 8.39. The summed E-state index contributed by atoms with van der Waals surface area (Å²) in [4.78, 5) is 17.1. The summed E-state index contributed by atoms with van der Waals surface area (Å²) in [6.07, 6.45) is 0. The van der Waals surface area contributed by atoms with Gasteiger partial charge in [0.15, 0.2) is 0 Å². The second kappa shape index (κ2) is 8.30. The van der Waals surface area contributed by atoms with Gasteiger partial charge in [-0.1, -0.05) is 51.1 Å². The molecule has 0 bridgehead atoms. The SMILES string of the molecule is CCN1CCN(CC(=O)NC(c2ccccc2)C(C)C)CC1. The fraction of sp³-hybridized carbons (Fsp3) is 0.611. The van der Waals surface area contributed by atoms with Crippen molar-refractivity contribution in [1.29, 1.82) is 0 Å². The van der Waals surface area contributed by atoms with Crippen molar-refractivity contribution < 1.29 is 4.79 Å². The van der Waals surface area contributed by atoms with Crippen molar-refractivity contribution in [3.8, 4) is 0 Å². The highest BCUT2D eigenvalue weighted by Gasteiger charge is 2.21. The molecule has 1 fully saturated rings. The maximum absolute atomic E-state index is 12.4. The van der Waals surface area contributed by atoms with Crippen molar-refractivity contribution >= 4 is 5.91 Å². The average molecular weight is 303 g/mol. The summed E-state index contributed by atoms with van der Waals surface area (Å²) in [5.41, 5.74) is 1.18. The Hall–Kier alpha value is -1.39. The number of hydrogen-bond acceptors (Lipinski definition) is 3. The summed E-state index contributed by atoms with van der Waals surface area (Å²) in [5.74, 6) is 0.510. The van der Waals surface area contributed by atoms with E-state index in [9.17, 15) is 4.79 Å². The largest absolute Gasteiger partial charge is 0.348 e. The zero-order valence-electron chi connectivity index (χ0n) is 14.1. The summed E-state index contributed by atoms with van der Waals surface area (Å²) in [6, 6.07) is 10.3. The minimum atomic E-state index is 0.0885. The van der Waals surface area contributed by atoms with Crippen molar-refractivity contribution in [2.45, 2.75) is 26.8 Å². The summed E-state index contributed by atoms with van der Waals surface area (Å²) in [5, 5.41) is 3.21. The molecule has 1 aliphatic rings. The number of carbonyl (C=O) groups is 1. The molecule has 1 aromatic rings. The van der Waals surface area contributed by atoms with Crippen LogP contribution in [0.4, 0.5) is 0 Å². The predicted molar refractivity (Wildman–Crippen MR) is 90.7 cm³/mol. The van der Waals surface area contributed by atoms with Crippen LogP contribution >= 0.6 is 0 Å². The highest BCUT2D eigenvalue weighted by Crippen LogP contribution is 2.21. The zero-order chi connectivity index (χ0) is 15.9. The van der Waals surface area contributed by atoms with E-state index in [1.165, 1.54) is 5.56 Å². The molecule has 1 N–H and O–H groups in total. The molecule has 0 aromatic heterocycles. The normalized spacial score (nSPS) is 18.4. The third-order valence-corrected chi connectivity index (χ3v) is 4.42. The van der Waals surface area contributed by atoms with Gasteiger partial charge in [0.1, 0.15) is 0 Å². The number of amides is 1. The molecule has 0 spiro atoms. The number of nitrogens with zero attached hydrogens (tertiary/aromatic N) is 2. The van der Waals surface area contributed by atoms with Crippen molar-refractivity contribution in [2.24, 2.45) is 5.92 Å². The van der Waals surface area contributed by atoms with Crippen LogP contribution in [0.25, 0.3) is 0 Å². The molecule has 1 atom stereocenters. The van der Waals surface area contributed by atoms with E-state index < -0.39 is 0 Å². The van der Waals surface area contributed by atoms with Crippen LogP contribution < -0.4 is 5.32 Å². The van der Waals surface area contributed by atoms with Crippen molar-refractivity contribution in [3.63, 3.8) is 0 Å². The summed E-state index contributed by atoms with van der Waals surface area (Å²) >= 11 is 0. The Morgan fingerprint density at radius 2 is 1.68 bits per heavy atom. The Bertz CT molecular complexity index is 453. The van der Waals surface area contributed by atoms with E-state index in [0.29, 0.717) is 12.5 Å². The van der Waals surface area contributed by atoms with Gasteiger partial charge < -0.3 is 10.2 Å². The molecule has 4 heteroatoms. The molecule has 1 aliphatic heterocycles. The van der Waals surface area contributed by atoms with Crippen molar-refractivity contribution in [2.75, 3.05) is 39.3 Å². The van der Waals surface area contributed by atoms with Gasteiger partial charge in [-0.25, -0.2) is 0 Å². The number of carbonyl (C=O) groups excluding carboxylic acids is 1. The van der Waals surface area contributed by atoms with Crippen molar-refractivity contribution in [3.05, 3.63) is 35.9 Å². The quantitative estimate of drug-likeness (QED) is 0.874. The van der Waals surface area contributed by atoms with Gasteiger partial charge in [0, 0.05) is 26.2 Å². The van der Waals surface area contributed by atoms with Crippen molar-refractivity contribution in [1.82, 2.24) is 15.1 Å². The van der Waals surface area contributed by atoms with Crippen LogP contribution in [0.15, 0.2) is 30.3 Å². The van der Waals surface area contributed by atoms with E-state index in [4.69, 9.17) is 0 Å². The molecule has 1 saturated heterocycles. The number of hydrogen-bond donors (Lipinski definition) is 1. The molecule has 0 aliphatic carbocycles. The Labute approximate surface area is 134 Å². The van der Waals surface area contributed by atoms with Crippen LogP contribution in [-0.2, 0) is 4.79 Å². The molecule has 4 nitrogen and oxygen atoms in total. The molecule has 122 valence electrons. The third-order valence-electron chi connectivity index (χ3n) is 4.42. The van der Waals surface area contributed by atoms with E-state index in [1.807, 2.05) is 18.2 Å². The van der Waals surface area contributed by atoms with E-state index in [2.05, 4.69) is 48.0 Å². The van der Waals surface area contributed by atoms with Crippen LogP contribution in [0.2, 0.25) is 0 Å². The van der Waals surface area contributed by atoms with Crippen LogP contribution in [0.5, 0.6) is 0 Å². The van der Waals surface area contributed by atoms with Gasteiger partial charge in [-0.3, -0.25) is 9.69 Å². The lowest BCUT2D eigenvalue weighted by atomic mass is 9.96. The monoisotopic (exact) mass is 303 g/mol. The Balaban J connectivity index is 1.87. The van der Waals surface area contributed by atoms with Gasteiger partial charge in [-0.2, -0.15) is 0 Å². The Morgan fingerprint density at radius 1 is 1.09 bits per heavy atom. The average Bonchev–Trinajstić information content (AvgIpc) is 2.54. The van der Waals surface area contributed by atoms with Crippen LogP contribution in [0, 0.1) is 5.92 Å². The zero-order valence-corrected chi connectivity index (χ0v) is 14.1.